The quantitative estimate of drug-likeness (QED) is 0.0348. The fraction of sp³-hybridized carbons (Fsp3) is 0.960. The van der Waals surface area contributed by atoms with Crippen molar-refractivity contribution < 1.29 is 37.6 Å². The summed E-state index contributed by atoms with van der Waals surface area (Å²) in [5, 5.41) is 0. The number of hydrogen-bond acceptors (Lipinski definition) is 8. The lowest BCUT2D eigenvalue weighted by molar-refractivity contribution is -0.161. The molecule has 0 rings (SSSR count). The van der Waals surface area contributed by atoms with Gasteiger partial charge >= 0.3 is 19.8 Å². The van der Waals surface area contributed by atoms with Gasteiger partial charge in [0.1, 0.15) is 6.61 Å². The third-order valence-corrected chi connectivity index (χ3v) is 12.7. The molecule has 3 N–H and O–H groups in total. The molecule has 0 saturated carbocycles. The number of unbranched alkanes of at least 4 members (excludes halogenated alkanes) is 37. The van der Waals surface area contributed by atoms with Gasteiger partial charge < -0.3 is 20.1 Å². The second-order valence-electron chi connectivity index (χ2n) is 17.8. The highest BCUT2D eigenvalue weighted by Crippen LogP contribution is 2.43. The fourth-order valence-corrected chi connectivity index (χ4v) is 8.64. The number of carbonyl (C=O) groups is 2. The van der Waals surface area contributed by atoms with E-state index in [4.69, 9.17) is 24.3 Å². The third-order valence-electron chi connectivity index (χ3n) is 11.7. The van der Waals surface area contributed by atoms with E-state index in [9.17, 15) is 19.0 Å². The van der Waals surface area contributed by atoms with Crippen LogP contribution in [0.15, 0.2) is 0 Å². The van der Waals surface area contributed by atoms with Crippen LogP contribution in [0.3, 0.4) is 0 Å². The van der Waals surface area contributed by atoms with E-state index < -0.39 is 26.5 Å². The summed E-state index contributed by atoms with van der Waals surface area (Å²) in [7, 11) is -4.37. The second-order valence-corrected chi connectivity index (χ2v) is 19.2. The summed E-state index contributed by atoms with van der Waals surface area (Å²) in [6.07, 6.45) is 50.5. The molecule has 9 nitrogen and oxygen atoms in total. The molecule has 0 aliphatic heterocycles. The molecule has 0 aliphatic rings. The van der Waals surface area contributed by atoms with Gasteiger partial charge in [0.2, 0.25) is 0 Å². The number of rotatable bonds is 50. The molecule has 0 spiro atoms. The highest BCUT2D eigenvalue weighted by molar-refractivity contribution is 7.47. The van der Waals surface area contributed by atoms with Gasteiger partial charge in [0, 0.05) is 19.4 Å². The zero-order valence-electron chi connectivity index (χ0n) is 39.7. The van der Waals surface area contributed by atoms with Crippen molar-refractivity contribution in [2.24, 2.45) is 5.73 Å². The van der Waals surface area contributed by atoms with Gasteiger partial charge in [0.15, 0.2) is 6.10 Å². The van der Waals surface area contributed by atoms with Crippen molar-refractivity contribution in [3.8, 4) is 0 Å². The predicted molar refractivity (Wildman–Crippen MR) is 252 cm³/mol. The van der Waals surface area contributed by atoms with Crippen molar-refractivity contribution in [3.63, 3.8) is 0 Å². The van der Waals surface area contributed by atoms with E-state index in [1.807, 2.05) is 0 Å². The molecule has 0 bridgehead atoms. The Kier molecular flexibility index (Phi) is 46.7. The molecule has 0 amide bonds. The van der Waals surface area contributed by atoms with E-state index in [1.165, 1.54) is 212 Å². The second kappa shape index (κ2) is 47.5. The normalized spacial score (nSPS) is 13.1. The van der Waals surface area contributed by atoms with Crippen LogP contribution < -0.4 is 5.73 Å². The van der Waals surface area contributed by atoms with Crippen LogP contribution in [0, 0.1) is 0 Å². The molecule has 0 aliphatic carbocycles. The summed E-state index contributed by atoms with van der Waals surface area (Å²) in [4.78, 5) is 34.8. The lowest BCUT2D eigenvalue weighted by Gasteiger charge is -2.19. The molecule has 2 unspecified atom stereocenters. The number of esters is 2. The van der Waals surface area contributed by atoms with Crippen LogP contribution >= 0.6 is 7.82 Å². The average Bonchev–Trinajstić information content (AvgIpc) is 3.24. The van der Waals surface area contributed by atoms with Gasteiger partial charge in [-0.25, -0.2) is 4.57 Å². The van der Waals surface area contributed by atoms with Crippen LogP contribution in [0.4, 0.5) is 0 Å². The molecule has 0 saturated heterocycles. The summed E-state index contributed by atoms with van der Waals surface area (Å²) in [5.41, 5.74) is 5.35. The van der Waals surface area contributed by atoms with E-state index in [0.29, 0.717) is 6.42 Å². The van der Waals surface area contributed by atoms with E-state index in [1.54, 1.807) is 0 Å². The summed E-state index contributed by atoms with van der Waals surface area (Å²) >= 11 is 0. The summed E-state index contributed by atoms with van der Waals surface area (Å²) in [5.74, 6) is -0.816. The van der Waals surface area contributed by atoms with Gasteiger partial charge in [-0.15, -0.1) is 0 Å². The number of carbonyl (C=O) groups excluding carboxylic acids is 2. The van der Waals surface area contributed by atoms with Crippen molar-refractivity contribution in [2.45, 2.75) is 283 Å². The molecule has 10 heteroatoms. The lowest BCUT2D eigenvalue weighted by Crippen LogP contribution is -2.29. The van der Waals surface area contributed by atoms with Crippen LogP contribution in [-0.2, 0) is 32.7 Å². The molecular weight excluding hydrogens is 774 g/mol. The van der Waals surface area contributed by atoms with E-state index in [0.717, 1.165) is 32.1 Å². The molecule has 60 heavy (non-hydrogen) atoms. The topological polar surface area (TPSA) is 134 Å². The predicted octanol–water partition coefficient (Wildman–Crippen LogP) is 15.6. The zero-order valence-corrected chi connectivity index (χ0v) is 40.6. The van der Waals surface area contributed by atoms with Crippen molar-refractivity contribution in [3.05, 3.63) is 0 Å². The molecule has 358 valence electrons. The van der Waals surface area contributed by atoms with Gasteiger partial charge in [0.25, 0.3) is 0 Å². The third kappa shape index (κ3) is 46.5. The Hall–Kier alpha value is -0.990. The molecule has 0 heterocycles. The largest absolute Gasteiger partial charge is 0.472 e. The summed E-state index contributed by atoms with van der Waals surface area (Å²) < 4.78 is 32.8. The molecule has 0 aromatic carbocycles. The summed E-state index contributed by atoms with van der Waals surface area (Å²) in [6, 6.07) is 0. The van der Waals surface area contributed by atoms with Crippen LogP contribution in [0.25, 0.3) is 0 Å². The summed E-state index contributed by atoms with van der Waals surface area (Å²) in [6.45, 7) is 3.75. The first-order valence-corrected chi connectivity index (χ1v) is 27.5. The first-order valence-electron chi connectivity index (χ1n) is 26.0. The minimum Gasteiger partial charge on any atom is -0.462 e. The number of nitrogens with two attached hydrogens (primary N) is 1. The maximum Gasteiger partial charge on any atom is 0.472 e. The first kappa shape index (κ1) is 59.0. The molecule has 2 atom stereocenters. The van der Waals surface area contributed by atoms with Crippen molar-refractivity contribution in [2.75, 3.05) is 26.4 Å². The maximum absolute atomic E-state index is 12.6. The van der Waals surface area contributed by atoms with Crippen LogP contribution in [0.2, 0.25) is 0 Å². The molecule has 0 radical (unpaired) electrons. The average molecular weight is 874 g/mol. The Balaban J connectivity index is 3.75. The van der Waals surface area contributed by atoms with E-state index >= 15 is 0 Å². The Labute approximate surface area is 371 Å². The molecular formula is C50H100NO8P. The fourth-order valence-electron chi connectivity index (χ4n) is 7.87. The van der Waals surface area contributed by atoms with Gasteiger partial charge in [-0.05, 0) is 12.8 Å². The Morgan fingerprint density at radius 3 is 1.02 bits per heavy atom. The highest BCUT2D eigenvalue weighted by atomic mass is 31.2. The molecule has 0 aromatic rings. The van der Waals surface area contributed by atoms with E-state index in [-0.39, 0.29) is 38.6 Å². The van der Waals surface area contributed by atoms with Gasteiger partial charge in [0.05, 0.1) is 13.2 Å². The maximum atomic E-state index is 12.6. The lowest BCUT2D eigenvalue weighted by atomic mass is 10.0. The number of phosphoric ester groups is 1. The van der Waals surface area contributed by atoms with Gasteiger partial charge in [-0.1, -0.05) is 251 Å². The minimum atomic E-state index is -4.37. The van der Waals surface area contributed by atoms with Crippen LogP contribution in [-0.4, -0.2) is 49.3 Å². The van der Waals surface area contributed by atoms with Gasteiger partial charge in [-0.3, -0.25) is 18.6 Å². The minimum absolute atomic E-state index is 0.0579. The Morgan fingerprint density at radius 1 is 0.433 bits per heavy atom. The van der Waals surface area contributed by atoms with Crippen molar-refractivity contribution >= 4 is 19.8 Å². The molecule has 0 fully saturated rings. The zero-order chi connectivity index (χ0) is 43.9. The number of phosphoric acid groups is 1. The van der Waals surface area contributed by atoms with Crippen molar-refractivity contribution in [1.82, 2.24) is 0 Å². The Morgan fingerprint density at radius 2 is 0.717 bits per heavy atom. The Bertz CT molecular complexity index is 953. The number of ether oxygens (including phenoxy) is 2. The standard InChI is InChI=1S/C50H100NO8P/c1-3-5-7-9-11-13-14-15-16-17-18-19-20-21-22-23-24-25-26-27-28-29-30-31-32-33-34-35-37-39-41-43-50(53)59-48(47-58-60(54,55)57-45-44-51)46-56-49(52)42-40-38-36-12-10-8-6-4-2/h48H,3-47,51H2,1-2H3,(H,54,55). The van der Waals surface area contributed by atoms with Crippen molar-refractivity contribution in [1.29, 1.82) is 0 Å². The van der Waals surface area contributed by atoms with Gasteiger partial charge in [-0.2, -0.15) is 0 Å². The van der Waals surface area contributed by atoms with Crippen LogP contribution in [0.5, 0.6) is 0 Å². The smallest absolute Gasteiger partial charge is 0.462 e. The monoisotopic (exact) mass is 874 g/mol. The SMILES string of the molecule is CCCCCCCCCCCCCCCCCCCCCCCCCCCCCCCCCC(=O)OC(COC(=O)CCCCCCCCCC)COP(=O)(O)OCCN. The highest BCUT2D eigenvalue weighted by Gasteiger charge is 2.26. The van der Waals surface area contributed by atoms with Crippen LogP contribution in [0.1, 0.15) is 277 Å². The number of hydrogen-bond donors (Lipinski definition) is 2. The van der Waals surface area contributed by atoms with E-state index in [2.05, 4.69) is 13.8 Å². The molecule has 0 aromatic heterocycles. The first-order chi connectivity index (χ1) is 29.3.